The largest absolute Gasteiger partial charge is 0.317 e. The molecule has 0 spiro atoms. The summed E-state index contributed by atoms with van der Waals surface area (Å²) in [6, 6.07) is 5.77. The van der Waals surface area contributed by atoms with Crippen LogP contribution in [0.2, 0.25) is 0 Å². The molecule has 0 saturated carbocycles. The van der Waals surface area contributed by atoms with Gasteiger partial charge in [0.2, 0.25) is 0 Å². The fourth-order valence-corrected chi connectivity index (χ4v) is 2.54. The van der Waals surface area contributed by atoms with E-state index in [2.05, 4.69) is 28.2 Å². The summed E-state index contributed by atoms with van der Waals surface area (Å²) in [6.07, 6.45) is 7.31. The van der Waals surface area contributed by atoms with Crippen LogP contribution in [0.1, 0.15) is 44.6 Å². The standard InChI is InChI=1S/C15H23BrFN/c1-3-4-5-6-7-13(18-2)10-12-8-9-15(17)14(16)11-12/h8-9,11,13,18H,3-7,10H2,1-2H3. The normalized spacial score (nSPS) is 12.7. The Morgan fingerprint density at radius 3 is 2.67 bits per heavy atom. The minimum absolute atomic E-state index is 0.192. The zero-order valence-corrected chi connectivity index (χ0v) is 12.9. The zero-order valence-electron chi connectivity index (χ0n) is 11.3. The number of halogens is 2. The van der Waals surface area contributed by atoms with Crippen molar-refractivity contribution in [1.82, 2.24) is 5.32 Å². The van der Waals surface area contributed by atoms with Crippen molar-refractivity contribution < 1.29 is 4.39 Å². The molecule has 102 valence electrons. The molecule has 0 saturated heterocycles. The van der Waals surface area contributed by atoms with Gasteiger partial charge in [-0.3, -0.25) is 0 Å². The van der Waals surface area contributed by atoms with E-state index in [4.69, 9.17) is 0 Å². The van der Waals surface area contributed by atoms with Gasteiger partial charge in [0.05, 0.1) is 4.47 Å². The third-order valence-corrected chi connectivity index (χ3v) is 3.89. The second-order valence-corrected chi connectivity index (χ2v) is 5.64. The third-order valence-electron chi connectivity index (χ3n) is 3.28. The van der Waals surface area contributed by atoms with Crippen molar-refractivity contribution >= 4 is 15.9 Å². The van der Waals surface area contributed by atoms with E-state index >= 15 is 0 Å². The van der Waals surface area contributed by atoms with E-state index in [0.29, 0.717) is 10.5 Å². The van der Waals surface area contributed by atoms with Crippen molar-refractivity contribution in [1.29, 1.82) is 0 Å². The lowest BCUT2D eigenvalue weighted by Gasteiger charge is -2.16. The second kappa shape index (κ2) is 8.65. The average Bonchev–Trinajstić information content (AvgIpc) is 2.37. The molecule has 0 aromatic heterocycles. The van der Waals surface area contributed by atoms with E-state index < -0.39 is 0 Å². The molecule has 0 bridgehead atoms. The van der Waals surface area contributed by atoms with E-state index in [1.54, 1.807) is 0 Å². The lowest BCUT2D eigenvalue weighted by Crippen LogP contribution is -2.27. The number of benzene rings is 1. The van der Waals surface area contributed by atoms with Gasteiger partial charge in [0.25, 0.3) is 0 Å². The maximum Gasteiger partial charge on any atom is 0.137 e. The number of nitrogens with one attached hydrogen (secondary N) is 1. The van der Waals surface area contributed by atoms with Crippen molar-refractivity contribution in [2.75, 3.05) is 7.05 Å². The highest BCUT2D eigenvalue weighted by molar-refractivity contribution is 9.10. The molecular formula is C15H23BrFN. The molecule has 1 rings (SSSR count). The van der Waals surface area contributed by atoms with Crippen molar-refractivity contribution in [2.24, 2.45) is 0 Å². The molecule has 0 heterocycles. The van der Waals surface area contributed by atoms with Gasteiger partial charge in [-0.25, -0.2) is 4.39 Å². The highest BCUT2D eigenvalue weighted by atomic mass is 79.9. The topological polar surface area (TPSA) is 12.0 Å². The van der Waals surface area contributed by atoms with Crippen molar-refractivity contribution in [3.8, 4) is 0 Å². The van der Waals surface area contributed by atoms with Gasteiger partial charge >= 0.3 is 0 Å². The molecule has 1 atom stereocenters. The molecule has 0 aliphatic rings. The molecular weight excluding hydrogens is 293 g/mol. The van der Waals surface area contributed by atoms with Crippen LogP contribution >= 0.6 is 15.9 Å². The molecule has 3 heteroatoms. The molecule has 1 aromatic carbocycles. The summed E-state index contributed by atoms with van der Waals surface area (Å²) in [5.74, 6) is -0.192. The first-order valence-electron chi connectivity index (χ1n) is 6.78. The van der Waals surface area contributed by atoms with E-state index in [0.717, 1.165) is 6.42 Å². The Kier molecular flexibility index (Phi) is 7.52. The van der Waals surface area contributed by atoms with Crippen LogP contribution in [-0.4, -0.2) is 13.1 Å². The van der Waals surface area contributed by atoms with E-state index in [-0.39, 0.29) is 5.82 Å². The Labute approximate surface area is 118 Å². The number of hydrogen-bond acceptors (Lipinski definition) is 1. The molecule has 0 aliphatic heterocycles. The van der Waals surface area contributed by atoms with Crippen LogP contribution in [0.25, 0.3) is 0 Å². The second-order valence-electron chi connectivity index (χ2n) is 4.79. The highest BCUT2D eigenvalue weighted by Gasteiger charge is 2.08. The Morgan fingerprint density at radius 2 is 2.06 bits per heavy atom. The third kappa shape index (κ3) is 5.49. The molecule has 0 fully saturated rings. The Morgan fingerprint density at radius 1 is 1.28 bits per heavy atom. The van der Waals surface area contributed by atoms with Gasteiger partial charge in [-0.2, -0.15) is 0 Å². The zero-order chi connectivity index (χ0) is 13.4. The van der Waals surface area contributed by atoms with Crippen LogP contribution in [0.5, 0.6) is 0 Å². The summed E-state index contributed by atoms with van der Waals surface area (Å²) in [4.78, 5) is 0. The SMILES string of the molecule is CCCCCCC(Cc1ccc(F)c(Br)c1)NC. The number of hydrogen-bond donors (Lipinski definition) is 1. The molecule has 0 radical (unpaired) electrons. The maximum atomic E-state index is 13.1. The van der Waals surface area contributed by atoms with Gasteiger partial charge in [0.1, 0.15) is 5.82 Å². The van der Waals surface area contributed by atoms with Crippen molar-refractivity contribution in [3.05, 3.63) is 34.1 Å². The van der Waals surface area contributed by atoms with Crippen LogP contribution in [0.15, 0.2) is 22.7 Å². The van der Waals surface area contributed by atoms with Gasteiger partial charge in [-0.05, 0) is 53.5 Å². The molecule has 1 N–H and O–H groups in total. The summed E-state index contributed by atoms with van der Waals surface area (Å²) in [5, 5.41) is 3.35. The molecule has 18 heavy (non-hydrogen) atoms. The molecule has 1 aromatic rings. The Hall–Kier alpha value is -0.410. The van der Waals surface area contributed by atoms with Gasteiger partial charge in [-0.15, -0.1) is 0 Å². The lowest BCUT2D eigenvalue weighted by molar-refractivity contribution is 0.484. The van der Waals surface area contributed by atoms with Crippen LogP contribution in [0.3, 0.4) is 0 Å². The molecule has 1 unspecified atom stereocenters. The summed E-state index contributed by atoms with van der Waals surface area (Å²) in [7, 11) is 2.00. The molecule has 1 nitrogen and oxygen atoms in total. The fraction of sp³-hybridized carbons (Fsp3) is 0.600. The predicted molar refractivity (Wildman–Crippen MR) is 79.4 cm³/mol. The van der Waals surface area contributed by atoms with Gasteiger partial charge < -0.3 is 5.32 Å². The first-order chi connectivity index (χ1) is 8.67. The van der Waals surface area contributed by atoms with E-state index in [9.17, 15) is 4.39 Å². The summed E-state index contributed by atoms with van der Waals surface area (Å²) >= 11 is 3.24. The summed E-state index contributed by atoms with van der Waals surface area (Å²) < 4.78 is 13.7. The first-order valence-corrected chi connectivity index (χ1v) is 7.57. The maximum absolute atomic E-state index is 13.1. The lowest BCUT2D eigenvalue weighted by atomic mass is 10.0. The highest BCUT2D eigenvalue weighted by Crippen LogP contribution is 2.19. The van der Waals surface area contributed by atoms with Crippen molar-refractivity contribution in [2.45, 2.75) is 51.5 Å². The molecule has 0 aliphatic carbocycles. The minimum Gasteiger partial charge on any atom is -0.317 e. The number of unbranched alkanes of at least 4 members (excludes halogenated alkanes) is 3. The van der Waals surface area contributed by atoms with Crippen molar-refractivity contribution in [3.63, 3.8) is 0 Å². The fourth-order valence-electron chi connectivity index (χ4n) is 2.12. The number of likely N-dealkylation sites (N-methyl/N-ethyl adjacent to an activating group) is 1. The first kappa shape index (κ1) is 15.6. The quantitative estimate of drug-likeness (QED) is 0.686. The monoisotopic (exact) mass is 315 g/mol. The van der Waals surface area contributed by atoms with Gasteiger partial charge in [0, 0.05) is 6.04 Å². The molecule has 0 amide bonds. The average molecular weight is 316 g/mol. The Balaban J connectivity index is 2.44. The van der Waals surface area contributed by atoms with Crippen LogP contribution in [0, 0.1) is 5.82 Å². The van der Waals surface area contributed by atoms with Gasteiger partial charge in [0.15, 0.2) is 0 Å². The van der Waals surface area contributed by atoms with Crippen LogP contribution in [0.4, 0.5) is 4.39 Å². The minimum atomic E-state index is -0.192. The summed E-state index contributed by atoms with van der Waals surface area (Å²) in [5.41, 5.74) is 1.18. The van der Waals surface area contributed by atoms with Gasteiger partial charge in [-0.1, -0.05) is 38.7 Å². The van der Waals surface area contributed by atoms with E-state index in [1.807, 2.05) is 19.2 Å². The van der Waals surface area contributed by atoms with Crippen LogP contribution < -0.4 is 5.32 Å². The summed E-state index contributed by atoms with van der Waals surface area (Å²) in [6.45, 7) is 2.23. The number of rotatable bonds is 8. The predicted octanol–water partition coefficient (Wildman–Crippen LogP) is 4.69. The van der Waals surface area contributed by atoms with E-state index in [1.165, 1.54) is 43.7 Å². The van der Waals surface area contributed by atoms with Crippen LogP contribution in [-0.2, 0) is 6.42 Å². The Bertz CT molecular complexity index is 354. The smallest absolute Gasteiger partial charge is 0.137 e.